The van der Waals surface area contributed by atoms with Gasteiger partial charge in [0.05, 0.1) is 7.11 Å². The third-order valence-corrected chi connectivity index (χ3v) is 3.01. The summed E-state index contributed by atoms with van der Waals surface area (Å²) in [6.07, 6.45) is 2.37. The summed E-state index contributed by atoms with van der Waals surface area (Å²) in [5.41, 5.74) is 1.65. The van der Waals surface area contributed by atoms with Gasteiger partial charge in [0.25, 0.3) is 0 Å². The number of anilines is 1. The van der Waals surface area contributed by atoms with Gasteiger partial charge in [0.1, 0.15) is 5.75 Å². The number of ether oxygens (including phenoxy) is 1. The number of amides is 2. The third-order valence-electron chi connectivity index (χ3n) is 3.01. The Labute approximate surface area is 124 Å². The lowest BCUT2D eigenvalue weighted by Crippen LogP contribution is -2.29. The average molecular weight is 294 g/mol. The van der Waals surface area contributed by atoms with Gasteiger partial charge in [0.2, 0.25) is 0 Å². The maximum Gasteiger partial charge on any atom is 0.319 e. The minimum absolute atomic E-state index is 0.178. The number of carboxylic acid groups (broad SMARTS) is 1. The lowest BCUT2D eigenvalue weighted by atomic mass is 10.2. The Bertz CT molecular complexity index is 489. The van der Waals surface area contributed by atoms with E-state index in [0.717, 1.165) is 24.2 Å². The molecule has 6 nitrogen and oxygen atoms in total. The maximum absolute atomic E-state index is 11.7. The molecule has 0 aliphatic carbocycles. The lowest BCUT2D eigenvalue weighted by molar-refractivity contribution is -0.137. The minimum Gasteiger partial charge on any atom is -0.496 e. The summed E-state index contributed by atoms with van der Waals surface area (Å²) in [4.78, 5) is 22.0. The lowest BCUT2D eigenvalue weighted by Gasteiger charge is -2.10. The number of nitrogens with one attached hydrogen (secondary N) is 2. The van der Waals surface area contributed by atoms with Crippen molar-refractivity contribution in [1.82, 2.24) is 5.32 Å². The third kappa shape index (κ3) is 6.65. The molecular weight excluding hydrogens is 272 g/mol. The van der Waals surface area contributed by atoms with E-state index in [2.05, 4.69) is 10.6 Å². The maximum atomic E-state index is 11.7. The Morgan fingerprint density at radius 3 is 2.62 bits per heavy atom. The van der Waals surface area contributed by atoms with E-state index in [9.17, 15) is 9.59 Å². The zero-order chi connectivity index (χ0) is 15.7. The molecule has 0 saturated heterocycles. The number of methoxy groups -OCH3 is 1. The first-order valence-corrected chi connectivity index (χ1v) is 6.94. The number of benzene rings is 1. The predicted octanol–water partition coefficient (Wildman–Crippen LogP) is 2.77. The summed E-state index contributed by atoms with van der Waals surface area (Å²) in [6.45, 7) is 2.44. The molecule has 0 unspecified atom stereocenters. The summed E-state index contributed by atoms with van der Waals surface area (Å²) in [5.74, 6) is -0.00466. The Morgan fingerprint density at radius 2 is 2.00 bits per heavy atom. The van der Waals surface area contributed by atoms with Crippen LogP contribution in [0.5, 0.6) is 5.75 Å². The zero-order valence-electron chi connectivity index (χ0n) is 12.4. The first-order valence-electron chi connectivity index (χ1n) is 6.94. The quantitative estimate of drug-likeness (QED) is 0.643. The van der Waals surface area contributed by atoms with Gasteiger partial charge >= 0.3 is 12.0 Å². The molecule has 0 bridgehead atoms. The van der Waals surface area contributed by atoms with E-state index in [1.54, 1.807) is 19.2 Å². The van der Waals surface area contributed by atoms with Gasteiger partial charge in [0.15, 0.2) is 0 Å². The zero-order valence-corrected chi connectivity index (χ0v) is 12.4. The van der Waals surface area contributed by atoms with E-state index < -0.39 is 5.97 Å². The van der Waals surface area contributed by atoms with Gasteiger partial charge in [-0.15, -0.1) is 0 Å². The molecule has 0 atom stereocenters. The van der Waals surface area contributed by atoms with E-state index in [1.165, 1.54) is 0 Å². The van der Waals surface area contributed by atoms with Crippen LogP contribution in [0.3, 0.4) is 0 Å². The second-order valence-corrected chi connectivity index (χ2v) is 4.77. The Hall–Kier alpha value is -2.24. The molecule has 2 amide bonds. The van der Waals surface area contributed by atoms with Gasteiger partial charge in [-0.2, -0.15) is 0 Å². The van der Waals surface area contributed by atoms with Gasteiger partial charge in [-0.25, -0.2) is 4.79 Å². The molecule has 0 fully saturated rings. The smallest absolute Gasteiger partial charge is 0.319 e. The first kappa shape index (κ1) is 16.8. The molecule has 21 heavy (non-hydrogen) atoms. The highest BCUT2D eigenvalue weighted by molar-refractivity contribution is 5.89. The van der Waals surface area contributed by atoms with Crippen molar-refractivity contribution in [3.63, 3.8) is 0 Å². The minimum atomic E-state index is -0.782. The second kappa shape index (κ2) is 8.84. The van der Waals surface area contributed by atoms with Crippen LogP contribution in [-0.2, 0) is 4.79 Å². The highest BCUT2D eigenvalue weighted by Crippen LogP contribution is 2.21. The van der Waals surface area contributed by atoms with Crippen molar-refractivity contribution in [2.24, 2.45) is 0 Å². The van der Waals surface area contributed by atoms with E-state index in [-0.39, 0.29) is 12.5 Å². The van der Waals surface area contributed by atoms with Crippen LogP contribution in [0.25, 0.3) is 0 Å². The highest BCUT2D eigenvalue weighted by atomic mass is 16.5. The van der Waals surface area contributed by atoms with Crippen molar-refractivity contribution in [2.75, 3.05) is 19.0 Å². The molecule has 0 heterocycles. The largest absolute Gasteiger partial charge is 0.496 e. The fourth-order valence-electron chi connectivity index (χ4n) is 1.91. The SMILES string of the molecule is COc1ccc(NC(=O)NCCCCCC(=O)O)cc1C. The fraction of sp³-hybridized carbons (Fsp3) is 0.467. The molecule has 1 aromatic carbocycles. The topological polar surface area (TPSA) is 87.7 Å². The van der Waals surface area contributed by atoms with E-state index in [4.69, 9.17) is 9.84 Å². The van der Waals surface area contributed by atoms with Crippen molar-refractivity contribution >= 4 is 17.7 Å². The number of urea groups is 1. The van der Waals surface area contributed by atoms with Crippen molar-refractivity contribution in [1.29, 1.82) is 0 Å². The van der Waals surface area contributed by atoms with Crippen LogP contribution in [0.4, 0.5) is 10.5 Å². The molecule has 3 N–H and O–H groups in total. The number of aliphatic carboxylic acids is 1. The number of hydrogen-bond donors (Lipinski definition) is 3. The molecule has 0 aromatic heterocycles. The van der Waals surface area contributed by atoms with E-state index >= 15 is 0 Å². The van der Waals surface area contributed by atoms with Crippen molar-refractivity contribution in [3.05, 3.63) is 23.8 Å². The molecule has 0 saturated carbocycles. The molecule has 1 aromatic rings. The molecule has 6 heteroatoms. The summed E-state index contributed by atoms with van der Waals surface area (Å²) < 4.78 is 5.15. The molecule has 1 rings (SSSR count). The number of rotatable bonds is 8. The molecule has 0 aliphatic heterocycles. The number of carbonyl (C=O) groups is 2. The van der Waals surface area contributed by atoms with Crippen LogP contribution in [0.15, 0.2) is 18.2 Å². The number of carbonyl (C=O) groups excluding carboxylic acids is 1. The van der Waals surface area contributed by atoms with E-state index in [0.29, 0.717) is 18.7 Å². The molecular formula is C15H22N2O4. The summed E-state index contributed by atoms with van der Waals surface area (Å²) >= 11 is 0. The Morgan fingerprint density at radius 1 is 1.24 bits per heavy atom. The van der Waals surface area contributed by atoms with Gasteiger partial charge in [-0.1, -0.05) is 6.42 Å². The number of hydrogen-bond acceptors (Lipinski definition) is 3. The molecule has 0 spiro atoms. The van der Waals surface area contributed by atoms with Crippen LogP contribution in [0.1, 0.15) is 31.2 Å². The number of unbranched alkanes of at least 4 members (excludes halogenated alkanes) is 2. The highest BCUT2D eigenvalue weighted by Gasteiger charge is 2.04. The van der Waals surface area contributed by atoms with Crippen molar-refractivity contribution in [3.8, 4) is 5.75 Å². The van der Waals surface area contributed by atoms with Gasteiger partial charge in [0, 0.05) is 18.7 Å². The first-order chi connectivity index (χ1) is 10.0. The summed E-state index contributed by atoms with van der Waals surface area (Å²) in [7, 11) is 1.60. The number of aryl methyl sites for hydroxylation is 1. The van der Waals surface area contributed by atoms with Crippen molar-refractivity contribution in [2.45, 2.75) is 32.6 Å². The summed E-state index contributed by atoms with van der Waals surface area (Å²) in [5, 5.41) is 14.0. The van der Waals surface area contributed by atoms with Crippen LogP contribution in [-0.4, -0.2) is 30.8 Å². The predicted molar refractivity (Wildman–Crippen MR) is 80.9 cm³/mol. The second-order valence-electron chi connectivity index (χ2n) is 4.77. The van der Waals surface area contributed by atoms with Crippen LogP contribution >= 0.6 is 0 Å². The standard InChI is InChI=1S/C15H22N2O4/c1-11-10-12(7-8-13(11)21-2)17-15(20)16-9-5-3-4-6-14(18)19/h7-8,10H,3-6,9H2,1-2H3,(H,18,19)(H2,16,17,20). The molecule has 0 radical (unpaired) electrons. The van der Waals surface area contributed by atoms with Gasteiger partial charge in [-0.3, -0.25) is 4.79 Å². The average Bonchev–Trinajstić information content (AvgIpc) is 2.42. The number of carboxylic acids is 1. The summed E-state index contributed by atoms with van der Waals surface area (Å²) in [6, 6.07) is 5.15. The van der Waals surface area contributed by atoms with Gasteiger partial charge in [-0.05, 0) is 43.5 Å². The Kier molecular flexibility index (Phi) is 7.08. The fourth-order valence-corrected chi connectivity index (χ4v) is 1.91. The molecule has 116 valence electrons. The molecule has 0 aliphatic rings. The van der Waals surface area contributed by atoms with Crippen LogP contribution in [0.2, 0.25) is 0 Å². The Balaban J connectivity index is 2.24. The van der Waals surface area contributed by atoms with Crippen molar-refractivity contribution < 1.29 is 19.4 Å². The normalized spacial score (nSPS) is 10.0. The monoisotopic (exact) mass is 294 g/mol. The van der Waals surface area contributed by atoms with E-state index in [1.807, 2.05) is 13.0 Å². The van der Waals surface area contributed by atoms with Crippen LogP contribution in [0, 0.1) is 6.92 Å². The van der Waals surface area contributed by atoms with Crippen LogP contribution < -0.4 is 15.4 Å². The van der Waals surface area contributed by atoms with Gasteiger partial charge < -0.3 is 20.5 Å².